The predicted molar refractivity (Wildman–Crippen MR) is 138 cm³/mol. The summed E-state index contributed by atoms with van der Waals surface area (Å²) in [4.78, 5) is 4.70. The second kappa shape index (κ2) is 9.96. The maximum Gasteiger partial charge on any atom is 0.257 e. The van der Waals surface area contributed by atoms with Crippen molar-refractivity contribution in [1.29, 1.82) is 0 Å². The van der Waals surface area contributed by atoms with Crippen LogP contribution in [0.1, 0.15) is 6.92 Å². The Bertz CT molecular complexity index is 1550. The van der Waals surface area contributed by atoms with E-state index >= 15 is 0 Å². The normalized spacial score (nSPS) is 11.9. The highest BCUT2D eigenvalue weighted by atomic mass is 16.5. The molecule has 0 aliphatic carbocycles. The molecule has 2 heterocycles. The molecule has 0 saturated carbocycles. The maximum atomic E-state index is 6.88. The maximum absolute atomic E-state index is 6.88. The third kappa shape index (κ3) is 4.37. The van der Waals surface area contributed by atoms with E-state index in [1.165, 1.54) is 6.40 Å². The lowest BCUT2D eigenvalue weighted by atomic mass is 9.97. The van der Waals surface area contributed by atoms with Crippen molar-refractivity contribution in [2.75, 3.05) is 12.3 Å². The van der Waals surface area contributed by atoms with Crippen LogP contribution in [0.15, 0.2) is 101 Å². The molecule has 35 heavy (non-hydrogen) atoms. The zero-order valence-electron chi connectivity index (χ0n) is 19.1. The molecule has 0 aliphatic heterocycles. The lowest BCUT2D eigenvalue weighted by molar-refractivity contribution is 0.342. The summed E-state index contributed by atoms with van der Waals surface area (Å²) in [5.41, 5.74) is 11.8. The molecule has 0 spiro atoms. The summed E-state index contributed by atoms with van der Waals surface area (Å²) < 4.78 is 6.94. The van der Waals surface area contributed by atoms with E-state index in [0.29, 0.717) is 23.5 Å². The van der Waals surface area contributed by atoms with E-state index in [4.69, 9.17) is 15.5 Å². The quantitative estimate of drug-likeness (QED) is 0.226. The van der Waals surface area contributed by atoms with Gasteiger partial charge in [-0.2, -0.15) is 4.98 Å². The third-order valence-electron chi connectivity index (χ3n) is 5.42. The Morgan fingerprint density at radius 3 is 2.14 bits per heavy atom. The minimum Gasteiger partial charge on any atom is -0.482 e. The van der Waals surface area contributed by atoms with Crippen LogP contribution in [0.3, 0.4) is 0 Å². The summed E-state index contributed by atoms with van der Waals surface area (Å²) in [6, 6.07) is 29.6. The van der Waals surface area contributed by atoms with E-state index in [0.717, 1.165) is 28.1 Å². The predicted octanol–water partition coefficient (Wildman–Crippen LogP) is 4.61. The van der Waals surface area contributed by atoms with Gasteiger partial charge < -0.3 is 10.5 Å². The molecule has 0 radical (unpaired) electrons. The van der Waals surface area contributed by atoms with Crippen molar-refractivity contribution in [2.24, 2.45) is 10.2 Å². The molecule has 0 unspecified atom stereocenters. The molecule has 5 rings (SSSR count). The van der Waals surface area contributed by atoms with Crippen molar-refractivity contribution in [3.63, 3.8) is 0 Å². The molecule has 8 nitrogen and oxygen atoms in total. The Hall–Kier alpha value is -4.85. The van der Waals surface area contributed by atoms with Gasteiger partial charge in [-0.25, -0.2) is 0 Å². The number of benzene rings is 3. The van der Waals surface area contributed by atoms with E-state index in [1.807, 2.05) is 97.9 Å². The van der Waals surface area contributed by atoms with Gasteiger partial charge in [0.2, 0.25) is 0 Å². The molecule has 0 amide bonds. The fraction of sp³-hybridized carbons (Fsp3) is 0.0741. The molecule has 0 aliphatic rings. The highest BCUT2D eigenvalue weighted by Crippen LogP contribution is 2.37. The van der Waals surface area contributed by atoms with Crippen molar-refractivity contribution < 1.29 is 4.74 Å². The topological polar surface area (TPSA) is 104 Å². The number of ether oxygens (including phenoxy) is 1. The summed E-state index contributed by atoms with van der Waals surface area (Å²) in [7, 11) is 0. The van der Waals surface area contributed by atoms with Crippen molar-refractivity contribution >= 4 is 23.3 Å². The van der Waals surface area contributed by atoms with Gasteiger partial charge in [-0.05, 0) is 24.6 Å². The van der Waals surface area contributed by atoms with Gasteiger partial charge in [-0.3, -0.25) is 4.57 Å². The summed E-state index contributed by atoms with van der Waals surface area (Å²) in [6.07, 6.45) is 1.27. The van der Waals surface area contributed by atoms with Crippen LogP contribution >= 0.6 is 0 Å². The second-order valence-electron chi connectivity index (χ2n) is 7.60. The van der Waals surface area contributed by atoms with Gasteiger partial charge in [0.15, 0.2) is 12.0 Å². The molecule has 0 fully saturated rings. The first-order chi connectivity index (χ1) is 17.3. The van der Waals surface area contributed by atoms with Gasteiger partial charge in [0.05, 0.1) is 17.7 Å². The van der Waals surface area contributed by atoms with Gasteiger partial charge in [0.1, 0.15) is 11.5 Å². The van der Waals surface area contributed by atoms with Crippen LogP contribution in [0.5, 0.6) is 0 Å². The number of aromatic nitrogens is 4. The standard InChI is InChI=1S/C27H23N7O/c1-2-35-18-29-33-27-30-26-23(25(28)34(27)21-16-10-5-11-17-21)22(19-12-6-3-7-13-19)24(31-32-26)20-14-8-4-9-15-20/h3-18H,2,28H2,1H3/b29-18?,33-27-. The van der Waals surface area contributed by atoms with Crippen LogP contribution in [0, 0.1) is 0 Å². The van der Waals surface area contributed by atoms with Gasteiger partial charge in [0, 0.05) is 11.1 Å². The van der Waals surface area contributed by atoms with Gasteiger partial charge in [-0.1, -0.05) is 78.9 Å². The number of nitrogens with zero attached hydrogens (tertiary/aromatic N) is 6. The first kappa shape index (κ1) is 22.0. The number of fused-ring (bicyclic) bond motifs is 1. The second-order valence-corrected chi connectivity index (χ2v) is 7.60. The molecule has 0 saturated heterocycles. The van der Waals surface area contributed by atoms with E-state index in [9.17, 15) is 0 Å². The minimum absolute atomic E-state index is 0.262. The van der Waals surface area contributed by atoms with Crippen LogP contribution in [0.4, 0.5) is 5.82 Å². The van der Waals surface area contributed by atoms with Crippen LogP contribution in [0.25, 0.3) is 39.1 Å². The molecule has 8 heteroatoms. The Balaban J connectivity index is 1.90. The number of anilines is 1. The molecule has 172 valence electrons. The highest BCUT2D eigenvalue weighted by Gasteiger charge is 2.20. The monoisotopic (exact) mass is 461 g/mol. The van der Waals surface area contributed by atoms with Crippen molar-refractivity contribution in [3.05, 3.63) is 96.6 Å². The van der Waals surface area contributed by atoms with Crippen LogP contribution in [-0.2, 0) is 4.74 Å². The van der Waals surface area contributed by atoms with Crippen molar-refractivity contribution in [2.45, 2.75) is 6.92 Å². The largest absolute Gasteiger partial charge is 0.482 e. The van der Waals surface area contributed by atoms with Crippen LogP contribution in [-0.4, -0.2) is 32.8 Å². The van der Waals surface area contributed by atoms with Gasteiger partial charge in [0.25, 0.3) is 5.62 Å². The van der Waals surface area contributed by atoms with E-state index in [1.54, 1.807) is 4.57 Å². The average molecular weight is 462 g/mol. The fourth-order valence-corrected chi connectivity index (χ4v) is 3.88. The molecule has 3 aromatic carbocycles. The molecule has 2 aromatic heterocycles. The number of rotatable bonds is 6. The minimum atomic E-state index is 0.262. The van der Waals surface area contributed by atoms with Gasteiger partial charge >= 0.3 is 0 Å². The number of para-hydroxylation sites is 1. The number of nitrogens with two attached hydrogens (primary N) is 1. The first-order valence-corrected chi connectivity index (χ1v) is 11.2. The Labute approximate surface area is 202 Å². The summed E-state index contributed by atoms with van der Waals surface area (Å²) in [6.45, 7) is 2.35. The Kier molecular flexibility index (Phi) is 6.25. The zero-order valence-corrected chi connectivity index (χ0v) is 19.1. The van der Waals surface area contributed by atoms with E-state index < -0.39 is 0 Å². The summed E-state index contributed by atoms with van der Waals surface area (Å²) >= 11 is 0. The van der Waals surface area contributed by atoms with Crippen molar-refractivity contribution in [1.82, 2.24) is 19.7 Å². The lowest BCUT2D eigenvalue weighted by Crippen LogP contribution is -2.26. The third-order valence-corrected chi connectivity index (χ3v) is 5.42. The Morgan fingerprint density at radius 2 is 1.49 bits per heavy atom. The first-order valence-electron chi connectivity index (χ1n) is 11.2. The van der Waals surface area contributed by atoms with Gasteiger partial charge in [-0.15, -0.1) is 20.4 Å². The van der Waals surface area contributed by atoms with Crippen molar-refractivity contribution in [3.8, 4) is 28.1 Å². The molecule has 2 N–H and O–H groups in total. The molecular formula is C27H23N7O. The van der Waals surface area contributed by atoms with E-state index in [-0.39, 0.29) is 5.62 Å². The molecule has 5 aromatic rings. The number of nitrogen functional groups attached to an aromatic ring is 1. The van der Waals surface area contributed by atoms with Crippen LogP contribution in [0.2, 0.25) is 0 Å². The summed E-state index contributed by atoms with van der Waals surface area (Å²) in [5.74, 6) is 0.428. The number of hydrogen-bond acceptors (Lipinski definition) is 7. The SMILES string of the molecule is CCOC=N/N=c1/nc2nnc(-c3ccccc3)c(-c3ccccc3)c2c(N)n1-c1ccccc1. The summed E-state index contributed by atoms with van der Waals surface area (Å²) in [5, 5.41) is 18.0. The highest BCUT2D eigenvalue weighted by molar-refractivity contribution is 6.04. The van der Waals surface area contributed by atoms with Crippen LogP contribution < -0.4 is 11.4 Å². The fourth-order valence-electron chi connectivity index (χ4n) is 3.88. The Morgan fingerprint density at radius 1 is 0.857 bits per heavy atom. The zero-order chi connectivity index (χ0) is 24.0. The smallest absolute Gasteiger partial charge is 0.257 e. The molecular weight excluding hydrogens is 438 g/mol. The molecule has 0 atom stereocenters. The molecule has 0 bridgehead atoms. The average Bonchev–Trinajstić information content (AvgIpc) is 2.92. The number of hydrogen-bond donors (Lipinski definition) is 1. The van der Waals surface area contributed by atoms with E-state index in [2.05, 4.69) is 20.4 Å². The lowest BCUT2D eigenvalue weighted by Gasteiger charge is -2.17.